The number of hydrogen-bond acceptors (Lipinski definition) is 7. The summed E-state index contributed by atoms with van der Waals surface area (Å²) in [5.41, 5.74) is 0. The summed E-state index contributed by atoms with van der Waals surface area (Å²) in [6.07, 6.45) is 1.19. The van der Waals surface area contributed by atoms with Crippen molar-refractivity contribution in [1.82, 2.24) is 0 Å². The highest BCUT2D eigenvalue weighted by atomic mass is 16.5. The molecule has 0 heterocycles. The van der Waals surface area contributed by atoms with E-state index in [0.717, 1.165) is 11.5 Å². The lowest BCUT2D eigenvalue weighted by Gasteiger charge is -2.18. The third-order valence-electron chi connectivity index (χ3n) is 3.74. The first-order valence-electron chi connectivity index (χ1n) is 9.56. The summed E-state index contributed by atoms with van der Waals surface area (Å²) in [5.74, 6) is 2.86. The van der Waals surface area contributed by atoms with Gasteiger partial charge in [0.05, 0.1) is 53.9 Å². The van der Waals surface area contributed by atoms with Gasteiger partial charge < -0.3 is 33.2 Å². The zero-order valence-corrected chi connectivity index (χ0v) is 17.9. The summed E-state index contributed by atoms with van der Waals surface area (Å²) in [6, 6.07) is 0. The Morgan fingerprint density at radius 2 is 0.926 bits per heavy atom. The molecule has 0 fully saturated rings. The molecule has 0 saturated carbocycles. The summed E-state index contributed by atoms with van der Waals surface area (Å²) in [5, 5.41) is 0. The molecule has 0 N–H and O–H groups in total. The molecule has 0 rings (SSSR count). The van der Waals surface area contributed by atoms with Crippen LogP contribution in [0.1, 0.15) is 40.5 Å². The van der Waals surface area contributed by atoms with Crippen LogP contribution >= 0.6 is 0 Å². The number of rotatable bonds is 18. The van der Waals surface area contributed by atoms with Crippen molar-refractivity contribution in [3.8, 4) is 0 Å². The van der Waals surface area contributed by atoms with E-state index < -0.39 is 0 Å². The summed E-state index contributed by atoms with van der Waals surface area (Å²) in [4.78, 5) is 0. The lowest BCUT2D eigenvalue weighted by atomic mass is 10.3. The standard InChI is InChI=1S/C20H38O7/c1-7-23-13-15-25-11-9-19(17(3)21-5)27-20(18(4)22-6)10-12-26-16-14-24-8-2/h7-16H2,1-6H3. The van der Waals surface area contributed by atoms with Gasteiger partial charge in [-0.05, 0) is 27.7 Å². The predicted octanol–water partition coefficient (Wildman–Crippen LogP) is 3.65. The quantitative estimate of drug-likeness (QED) is 0.261. The normalized spacial score (nSPS) is 13.1. The molecule has 0 bridgehead atoms. The Morgan fingerprint density at radius 1 is 0.556 bits per heavy atom. The molecule has 0 unspecified atom stereocenters. The molecule has 0 spiro atoms. The maximum Gasteiger partial charge on any atom is 0.143 e. The number of ether oxygens (including phenoxy) is 7. The highest BCUT2D eigenvalue weighted by Crippen LogP contribution is 2.21. The van der Waals surface area contributed by atoms with Crippen LogP contribution < -0.4 is 0 Å². The van der Waals surface area contributed by atoms with E-state index in [1.165, 1.54) is 0 Å². The first-order valence-corrected chi connectivity index (χ1v) is 9.56. The lowest BCUT2D eigenvalue weighted by Crippen LogP contribution is -2.10. The second-order valence-corrected chi connectivity index (χ2v) is 5.59. The monoisotopic (exact) mass is 390 g/mol. The van der Waals surface area contributed by atoms with E-state index >= 15 is 0 Å². The molecular weight excluding hydrogens is 352 g/mol. The van der Waals surface area contributed by atoms with Crippen LogP contribution in [0.2, 0.25) is 0 Å². The Balaban J connectivity index is 4.60. The second kappa shape index (κ2) is 18.1. The van der Waals surface area contributed by atoms with Crippen molar-refractivity contribution in [1.29, 1.82) is 0 Å². The maximum atomic E-state index is 6.10. The summed E-state index contributed by atoms with van der Waals surface area (Å²) in [6.45, 7) is 12.4. The van der Waals surface area contributed by atoms with Gasteiger partial charge in [0.25, 0.3) is 0 Å². The molecule has 7 nitrogen and oxygen atoms in total. The first kappa shape index (κ1) is 25.7. The van der Waals surface area contributed by atoms with Crippen LogP contribution in [0.5, 0.6) is 0 Å². The van der Waals surface area contributed by atoms with Gasteiger partial charge in [0, 0.05) is 26.1 Å². The minimum atomic E-state index is 0.521. The van der Waals surface area contributed by atoms with Crippen LogP contribution in [0.15, 0.2) is 23.0 Å². The summed E-state index contributed by atoms with van der Waals surface area (Å²) in [7, 11) is 3.25. The van der Waals surface area contributed by atoms with Gasteiger partial charge in [-0.1, -0.05) is 0 Å². The molecule has 0 radical (unpaired) electrons. The first-order chi connectivity index (χ1) is 13.1. The average molecular weight is 391 g/mol. The van der Waals surface area contributed by atoms with Crippen molar-refractivity contribution in [3.63, 3.8) is 0 Å². The summed E-state index contributed by atoms with van der Waals surface area (Å²) < 4.78 is 38.5. The van der Waals surface area contributed by atoms with E-state index in [0.29, 0.717) is 77.2 Å². The van der Waals surface area contributed by atoms with Crippen molar-refractivity contribution in [2.24, 2.45) is 0 Å². The van der Waals surface area contributed by atoms with Crippen LogP contribution in [0.25, 0.3) is 0 Å². The fraction of sp³-hybridized carbons (Fsp3) is 0.800. The van der Waals surface area contributed by atoms with E-state index in [4.69, 9.17) is 33.2 Å². The topological polar surface area (TPSA) is 64.6 Å². The van der Waals surface area contributed by atoms with Gasteiger partial charge in [0.2, 0.25) is 0 Å². The largest absolute Gasteiger partial charge is 0.498 e. The van der Waals surface area contributed by atoms with Gasteiger partial charge in [0.1, 0.15) is 23.0 Å². The van der Waals surface area contributed by atoms with Gasteiger partial charge in [-0.3, -0.25) is 0 Å². The maximum absolute atomic E-state index is 6.10. The van der Waals surface area contributed by atoms with Crippen molar-refractivity contribution >= 4 is 0 Å². The average Bonchev–Trinajstić information content (AvgIpc) is 2.69. The molecule has 0 atom stereocenters. The molecule has 0 aliphatic heterocycles. The molecule has 0 aliphatic carbocycles. The number of methoxy groups -OCH3 is 2. The van der Waals surface area contributed by atoms with E-state index in [1.807, 2.05) is 27.7 Å². The minimum absolute atomic E-state index is 0.521. The Kier molecular flexibility index (Phi) is 17.2. The molecule has 0 amide bonds. The highest BCUT2D eigenvalue weighted by Gasteiger charge is 2.13. The molecule has 0 aromatic heterocycles. The molecule has 27 heavy (non-hydrogen) atoms. The third-order valence-corrected chi connectivity index (χ3v) is 3.74. The van der Waals surface area contributed by atoms with Gasteiger partial charge in [-0.2, -0.15) is 0 Å². The predicted molar refractivity (Wildman–Crippen MR) is 104 cm³/mol. The fourth-order valence-electron chi connectivity index (χ4n) is 2.03. The van der Waals surface area contributed by atoms with E-state index in [1.54, 1.807) is 14.2 Å². The molecule has 160 valence electrons. The second-order valence-electron chi connectivity index (χ2n) is 5.59. The Labute approximate surface area is 164 Å². The highest BCUT2D eigenvalue weighted by molar-refractivity contribution is 5.07. The van der Waals surface area contributed by atoms with Crippen LogP contribution in [0.4, 0.5) is 0 Å². The van der Waals surface area contributed by atoms with Crippen molar-refractivity contribution in [2.45, 2.75) is 40.5 Å². The van der Waals surface area contributed by atoms with Crippen molar-refractivity contribution in [2.75, 3.05) is 67.1 Å². The number of allylic oxidation sites excluding steroid dienone is 2. The molecule has 0 aromatic rings. The minimum Gasteiger partial charge on any atom is -0.498 e. The molecule has 0 aromatic carbocycles. The van der Waals surface area contributed by atoms with Crippen LogP contribution in [-0.4, -0.2) is 67.1 Å². The molecular formula is C20H38O7. The molecule has 0 aliphatic rings. The van der Waals surface area contributed by atoms with Gasteiger partial charge in [0.15, 0.2) is 0 Å². The van der Waals surface area contributed by atoms with E-state index in [9.17, 15) is 0 Å². The molecule has 0 saturated heterocycles. The van der Waals surface area contributed by atoms with Crippen LogP contribution in [-0.2, 0) is 33.2 Å². The Bertz CT molecular complexity index is 381. The van der Waals surface area contributed by atoms with Gasteiger partial charge in [-0.25, -0.2) is 0 Å². The van der Waals surface area contributed by atoms with Gasteiger partial charge in [-0.15, -0.1) is 0 Å². The fourth-order valence-corrected chi connectivity index (χ4v) is 2.03. The van der Waals surface area contributed by atoms with E-state index in [2.05, 4.69) is 0 Å². The number of hydrogen-bond donors (Lipinski definition) is 0. The van der Waals surface area contributed by atoms with E-state index in [-0.39, 0.29) is 0 Å². The Hall–Kier alpha value is -1.28. The van der Waals surface area contributed by atoms with Crippen LogP contribution in [0, 0.1) is 0 Å². The van der Waals surface area contributed by atoms with Gasteiger partial charge >= 0.3 is 0 Å². The van der Waals surface area contributed by atoms with Crippen LogP contribution in [0.3, 0.4) is 0 Å². The smallest absolute Gasteiger partial charge is 0.143 e. The van der Waals surface area contributed by atoms with Crippen molar-refractivity contribution < 1.29 is 33.2 Å². The summed E-state index contributed by atoms with van der Waals surface area (Å²) >= 11 is 0. The zero-order chi connectivity index (χ0) is 20.3. The van der Waals surface area contributed by atoms with Crippen molar-refractivity contribution in [3.05, 3.63) is 23.0 Å². The zero-order valence-electron chi connectivity index (χ0n) is 17.9. The third kappa shape index (κ3) is 13.5. The Morgan fingerprint density at radius 3 is 1.26 bits per heavy atom. The lowest BCUT2D eigenvalue weighted by molar-refractivity contribution is 0.0443. The molecule has 7 heteroatoms. The SMILES string of the molecule is CCOCCOCCC(OC(CCOCCOCC)=C(C)OC)=C(C)OC.